The molecule has 5 heteroatoms. The van der Waals surface area contributed by atoms with Gasteiger partial charge in [-0.05, 0) is 22.8 Å². The molecule has 1 N–H and O–H groups in total. The molecule has 0 aromatic carbocycles. The maximum Gasteiger partial charge on any atom is 0.242 e. The predicted octanol–water partition coefficient (Wildman–Crippen LogP) is 0.812. The molecule has 1 aliphatic rings. The summed E-state index contributed by atoms with van der Waals surface area (Å²) in [4.78, 5) is 0. The Bertz CT molecular complexity index is 265. The van der Waals surface area contributed by atoms with Gasteiger partial charge < -0.3 is 5.32 Å². The van der Waals surface area contributed by atoms with Crippen molar-refractivity contribution in [3.63, 3.8) is 0 Å². The van der Waals surface area contributed by atoms with Gasteiger partial charge in [0.1, 0.15) is 0 Å². The van der Waals surface area contributed by atoms with Crippen molar-refractivity contribution in [2.45, 2.75) is 25.7 Å². The second-order valence-electron chi connectivity index (χ2n) is 3.64. The maximum atomic E-state index is 3.85. The fourth-order valence-electron chi connectivity index (χ4n) is 1.55. The lowest BCUT2D eigenvalue weighted by Crippen LogP contribution is -2.16. The van der Waals surface area contributed by atoms with Gasteiger partial charge in [-0.2, -0.15) is 0 Å². The van der Waals surface area contributed by atoms with Crippen molar-refractivity contribution in [3.05, 3.63) is 0 Å². The molecule has 0 spiro atoms. The molecule has 1 aromatic heterocycles. The van der Waals surface area contributed by atoms with Gasteiger partial charge in [0.2, 0.25) is 5.95 Å². The Hall–Kier alpha value is -1.13. The zero-order valence-electron chi connectivity index (χ0n) is 7.90. The summed E-state index contributed by atoms with van der Waals surface area (Å²) in [5, 5.41) is 14.4. The van der Waals surface area contributed by atoms with E-state index in [4.69, 9.17) is 0 Å². The molecule has 0 bridgehead atoms. The smallest absolute Gasteiger partial charge is 0.242 e. The van der Waals surface area contributed by atoms with Crippen molar-refractivity contribution in [2.75, 3.05) is 11.9 Å². The van der Waals surface area contributed by atoms with E-state index in [0.29, 0.717) is 0 Å². The second kappa shape index (κ2) is 3.72. The lowest BCUT2D eigenvalue weighted by Gasteiger charge is -2.24. The number of nitrogens with one attached hydrogen (secondary N) is 1. The van der Waals surface area contributed by atoms with Gasteiger partial charge in [-0.3, -0.25) is 0 Å². The van der Waals surface area contributed by atoms with Crippen molar-refractivity contribution in [2.24, 2.45) is 13.0 Å². The summed E-state index contributed by atoms with van der Waals surface area (Å²) in [6.07, 6.45) is 5.46. The van der Waals surface area contributed by atoms with Gasteiger partial charge in [0.05, 0.1) is 0 Å². The van der Waals surface area contributed by atoms with E-state index in [2.05, 4.69) is 20.8 Å². The van der Waals surface area contributed by atoms with Crippen molar-refractivity contribution < 1.29 is 0 Å². The molecule has 1 heterocycles. The Kier molecular flexibility index (Phi) is 2.42. The van der Waals surface area contributed by atoms with E-state index in [0.717, 1.165) is 18.4 Å². The van der Waals surface area contributed by atoms with Crippen LogP contribution >= 0.6 is 0 Å². The molecule has 5 nitrogen and oxygen atoms in total. The number of hydrogen-bond acceptors (Lipinski definition) is 4. The first kappa shape index (κ1) is 8.47. The Morgan fingerprint density at radius 3 is 2.92 bits per heavy atom. The summed E-state index contributed by atoms with van der Waals surface area (Å²) in [5.74, 6) is 1.70. The minimum Gasteiger partial charge on any atom is -0.353 e. The Balaban J connectivity index is 1.70. The molecule has 0 radical (unpaired) electrons. The van der Waals surface area contributed by atoms with Crippen LogP contribution in [0.25, 0.3) is 0 Å². The third-order valence-corrected chi connectivity index (χ3v) is 2.68. The number of anilines is 1. The Morgan fingerprint density at radius 1 is 1.54 bits per heavy atom. The monoisotopic (exact) mass is 181 g/mol. The van der Waals surface area contributed by atoms with Crippen molar-refractivity contribution in [3.8, 4) is 0 Å². The molecule has 1 saturated carbocycles. The molecule has 1 aromatic rings. The Labute approximate surface area is 77.5 Å². The normalized spacial score (nSPS) is 17.0. The molecule has 72 valence electrons. The standard InChI is InChI=1S/C8H15N5/c1-13-8(10-11-12-13)9-6-5-7-3-2-4-7/h7H,2-6H2,1H3,(H,9,10,12). The van der Waals surface area contributed by atoms with Crippen LogP contribution < -0.4 is 5.32 Å². The maximum absolute atomic E-state index is 3.85. The van der Waals surface area contributed by atoms with Crippen molar-refractivity contribution in [1.29, 1.82) is 0 Å². The second-order valence-corrected chi connectivity index (χ2v) is 3.64. The van der Waals surface area contributed by atoms with Crippen LogP contribution in [0.5, 0.6) is 0 Å². The molecule has 0 atom stereocenters. The molecule has 2 rings (SSSR count). The van der Waals surface area contributed by atoms with Crippen LogP contribution in [0, 0.1) is 5.92 Å². The third kappa shape index (κ3) is 1.96. The summed E-state index contributed by atoms with van der Waals surface area (Å²) in [6.45, 7) is 0.985. The van der Waals surface area contributed by atoms with E-state index in [-0.39, 0.29) is 0 Å². The molecule has 1 fully saturated rings. The third-order valence-electron chi connectivity index (χ3n) is 2.68. The van der Waals surface area contributed by atoms with Gasteiger partial charge >= 0.3 is 0 Å². The van der Waals surface area contributed by atoms with Gasteiger partial charge in [-0.15, -0.1) is 0 Å². The van der Waals surface area contributed by atoms with E-state index in [1.807, 2.05) is 7.05 Å². The predicted molar refractivity (Wildman–Crippen MR) is 49.2 cm³/mol. The molecule has 1 aliphatic carbocycles. The molecule has 13 heavy (non-hydrogen) atoms. The SMILES string of the molecule is Cn1nnnc1NCCC1CCC1. The van der Waals surface area contributed by atoms with Gasteiger partial charge in [0.15, 0.2) is 0 Å². The van der Waals surface area contributed by atoms with Crippen LogP contribution in [0.4, 0.5) is 5.95 Å². The lowest BCUT2D eigenvalue weighted by molar-refractivity contribution is 0.302. The van der Waals surface area contributed by atoms with Crippen LogP contribution in [-0.4, -0.2) is 26.8 Å². The molecular weight excluding hydrogens is 166 g/mol. The summed E-state index contributed by atoms with van der Waals surface area (Å²) in [6, 6.07) is 0. The zero-order valence-corrected chi connectivity index (χ0v) is 7.90. The molecule has 0 saturated heterocycles. The van der Waals surface area contributed by atoms with Crippen LogP contribution in [0.2, 0.25) is 0 Å². The quantitative estimate of drug-likeness (QED) is 0.747. The zero-order chi connectivity index (χ0) is 9.10. The van der Waals surface area contributed by atoms with Gasteiger partial charge in [-0.1, -0.05) is 24.4 Å². The summed E-state index contributed by atoms with van der Waals surface area (Å²) < 4.78 is 1.65. The molecule has 0 aliphatic heterocycles. The number of aryl methyl sites for hydroxylation is 1. The van der Waals surface area contributed by atoms with E-state index < -0.39 is 0 Å². The highest BCUT2D eigenvalue weighted by Crippen LogP contribution is 2.28. The number of nitrogens with zero attached hydrogens (tertiary/aromatic N) is 4. The van der Waals surface area contributed by atoms with E-state index >= 15 is 0 Å². The van der Waals surface area contributed by atoms with Crippen molar-refractivity contribution >= 4 is 5.95 Å². The number of aromatic nitrogens is 4. The summed E-state index contributed by atoms with van der Waals surface area (Å²) >= 11 is 0. The minimum atomic E-state index is 0.763. The number of tetrazole rings is 1. The summed E-state index contributed by atoms with van der Waals surface area (Å²) in [5.41, 5.74) is 0. The van der Waals surface area contributed by atoms with Crippen LogP contribution in [0.1, 0.15) is 25.7 Å². The highest BCUT2D eigenvalue weighted by molar-refractivity contribution is 5.20. The minimum absolute atomic E-state index is 0.763. The fraction of sp³-hybridized carbons (Fsp3) is 0.875. The number of hydrogen-bond donors (Lipinski definition) is 1. The number of rotatable bonds is 4. The van der Waals surface area contributed by atoms with Gasteiger partial charge in [0, 0.05) is 13.6 Å². The van der Waals surface area contributed by atoms with Crippen molar-refractivity contribution in [1.82, 2.24) is 20.2 Å². The average molecular weight is 181 g/mol. The highest BCUT2D eigenvalue weighted by Gasteiger charge is 2.16. The van der Waals surface area contributed by atoms with Crippen LogP contribution in [0.3, 0.4) is 0 Å². The fourth-order valence-corrected chi connectivity index (χ4v) is 1.55. The largest absolute Gasteiger partial charge is 0.353 e. The van der Waals surface area contributed by atoms with Crippen LogP contribution in [0.15, 0.2) is 0 Å². The van der Waals surface area contributed by atoms with Gasteiger partial charge in [-0.25, -0.2) is 4.68 Å². The molecule has 0 amide bonds. The van der Waals surface area contributed by atoms with Crippen LogP contribution in [-0.2, 0) is 7.05 Å². The van der Waals surface area contributed by atoms with E-state index in [1.165, 1.54) is 25.7 Å². The first-order valence-electron chi connectivity index (χ1n) is 4.82. The van der Waals surface area contributed by atoms with E-state index in [1.54, 1.807) is 4.68 Å². The highest BCUT2D eigenvalue weighted by atomic mass is 15.6. The average Bonchev–Trinajstić information content (AvgIpc) is 2.42. The van der Waals surface area contributed by atoms with E-state index in [9.17, 15) is 0 Å². The first-order valence-corrected chi connectivity index (χ1v) is 4.82. The van der Waals surface area contributed by atoms with Gasteiger partial charge in [0.25, 0.3) is 0 Å². The Morgan fingerprint density at radius 2 is 2.38 bits per heavy atom. The first-order chi connectivity index (χ1) is 6.36. The summed E-state index contributed by atoms with van der Waals surface area (Å²) in [7, 11) is 1.84. The lowest BCUT2D eigenvalue weighted by atomic mass is 9.83. The topological polar surface area (TPSA) is 55.6 Å². The molecular formula is C8H15N5. The molecule has 0 unspecified atom stereocenters.